The van der Waals surface area contributed by atoms with E-state index in [-0.39, 0.29) is 5.41 Å². The van der Waals surface area contributed by atoms with Crippen LogP contribution in [0.15, 0.2) is 53.7 Å². The molecule has 0 fully saturated rings. The van der Waals surface area contributed by atoms with Gasteiger partial charge in [0.1, 0.15) is 5.75 Å². The Kier molecular flexibility index (Phi) is 5.90. The van der Waals surface area contributed by atoms with Crippen LogP contribution in [-0.2, 0) is 17.7 Å². The highest BCUT2D eigenvalue weighted by molar-refractivity contribution is 7.98. The maximum Gasteiger partial charge on any atom is 0.191 e. The van der Waals surface area contributed by atoms with Gasteiger partial charge in [0.2, 0.25) is 0 Å². The number of benzene rings is 2. The Balaban J connectivity index is 1.75. The summed E-state index contributed by atoms with van der Waals surface area (Å²) in [7, 11) is 1.67. The van der Waals surface area contributed by atoms with Gasteiger partial charge in [-0.2, -0.15) is 0 Å². The van der Waals surface area contributed by atoms with Gasteiger partial charge in [-0.15, -0.1) is 10.2 Å². The Labute approximate surface area is 166 Å². The van der Waals surface area contributed by atoms with Crippen LogP contribution in [-0.4, -0.2) is 21.9 Å². The molecule has 0 bridgehead atoms. The van der Waals surface area contributed by atoms with Crippen molar-refractivity contribution < 1.29 is 4.74 Å². The van der Waals surface area contributed by atoms with E-state index >= 15 is 0 Å². The molecule has 1 heterocycles. The van der Waals surface area contributed by atoms with Crippen LogP contribution < -0.4 is 4.74 Å². The van der Waals surface area contributed by atoms with Gasteiger partial charge in [0.15, 0.2) is 11.0 Å². The summed E-state index contributed by atoms with van der Waals surface area (Å²) in [6.45, 7) is 9.67. The normalized spacial score (nSPS) is 11.6. The molecule has 0 radical (unpaired) electrons. The summed E-state index contributed by atoms with van der Waals surface area (Å²) in [4.78, 5) is 0. The second-order valence-corrected chi connectivity index (χ2v) is 8.46. The van der Waals surface area contributed by atoms with Gasteiger partial charge in [0, 0.05) is 17.9 Å². The molecule has 0 unspecified atom stereocenters. The average molecular weight is 382 g/mol. The lowest BCUT2D eigenvalue weighted by atomic mass is 9.87. The van der Waals surface area contributed by atoms with Gasteiger partial charge in [-0.1, -0.05) is 56.8 Å². The first kappa shape index (κ1) is 19.5. The van der Waals surface area contributed by atoms with Gasteiger partial charge in [0.05, 0.1) is 7.11 Å². The second-order valence-electron chi connectivity index (χ2n) is 7.51. The minimum atomic E-state index is 0.182. The summed E-state index contributed by atoms with van der Waals surface area (Å²) >= 11 is 1.73. The van der Waals surface area contributed by atoms with Crippen molar-refractivity contribution in [1.82, 2.24) is 14.8 Å². The number of hydrogen-bond donors (Lipinski definition) is 0. The highest BCUT2D eigenvalue weighted by Crippen LogP contribution is 2.28. The molecule has 0 spiro atoms. The molecule has 142 valence electrons. The van der Waals surface area contributed by atoms with E-state index in [0.29, 0.717) is 0 Å². The molecule has 5 heteroatoms. The summed E-state index contributed by atoms with van der Waals surface area (Å²) < 4.78 is 7.40. The topological polar surface area (TPSA) is 39.9 Å². The SMILES string of the molecule is CCn1c(SCc2ccc(C(C)(C)C)cc2)nnc1-c1ccc(OC)cc1. The number of rotatable bonds is 6. The highest BCUT2D eigenvalue weighted by atomic mass is 32.2. The predicted octanol–water partition coefficient (Wildman–Crippen LogP) is 5.56. The zero-order valence-corrected chi connectivity index (χ0v) is 17.5. The Morgan fingerprint density at radius 1 is 0.963 bits per heavy atom. The average Bonchev–Trinajstić information content (AvgIpc) is 3.09. The zero-order valence-electron chi connectivity index (χ0n) is 16.7. The molecule has 2 aromatic carbocycles. The Bertz CT molecular complexity index is 877. The summed E-state index contributed by atoms with van der Waals surface area (Å²) in [6.07, 6.45) is 0. The Hall–Kier alpha value is -2.27. The molecule has 4 nitrogen and oxygen atoms in total. The first-order valence-corrected chi connectivity index (χ1v) is 10.2. The van der Waals surface area contributed by atoms with Crippen molar-refractivity contribution >= 4 is 11.8 Å². The molecule has 0 amide bonds. The van der Waals surface area contributed by atoms with Gasteiger partial charge < -0.3 is 9.30 Å². The van der Waals surface area contributed by atoms with Crippen LogP contribution in [0, 0.1) is 0 Å². The Morgan fingerprint density at radius 2 is 1.63 bits per heavy atom. The minimum absolute atomic E-state index is 0.182. The molecule has 27 heavy (non-hydrogen) atoms. The summed E-state index contributed by atoms with van der Waals surface area (Å²) in [5.74, 6) is 2.62. The molecule has 3 aromatic rings. The van der Waals surface area contributed by atoms with Crippen molar-refractivity contribution in [1.29, 1.82) is 0 Å². The van der Waals surface area contributed by atoms with E-state index in [2.05, 4.69) is 66.7 Å². The maximum absolute atomic E-state index is 5.24. The molecular weight excluding hydrogens is 354 g/mol. The quantitative estimate of drug-likeness (QED) is 0.524. The van der Waals surface area contributed by atoms with Gasteiger partial charge in [-0.25, -0.2) is 0 Å². The van der Waals surface area contributed by atoms with Crippen LogP contribution >= 0.6 is 11.8 Å². The smallest absolute Gasteiger partial charge is 0.191 e. The summed E-state index contributed by atoms with van der Waals surface area (Å²) in [5, 5.41) is 9.79. The molecule has 0 saturated heterocycles. The van der Waals surface area contributed by atoms with Crippen molar-refractivity contribution in [2.24, 2.45) is 0 Å². The molecule has 0 aliphatic carbocycles. The molecule has 0 aliphatic heterocycles. The fraction of sp³-hybridized carbons (Fsp3) is 0.364. The predicted molar refractivity (Wildman–Crippen MR) is 112 cm³/mol. The van der Waals surface area contributed by atoms with E-state index in [0.717, 1.165) is 34.6 Å². The van der Waals surface area contributed by atoms with Crippen LogP contribution in [0.4, 0.5) is 0 Å². The fourth-order valence-corrected chi connectivity index (χ4v) is 3.84. The van der Waals surface area contributed by atoms with Crippen LogP contribution in [0.1, 0.15) is 38.8 Å². The van der Waals surface area contributed by atoms with Crippen molar-refractivity contribution in [2.75, 3.05) is 7.11 Å². The number of hydrogen-bond acceptors (Lipinski definition) is 4. The number of aromatic nitrogens is 3. The lowest BCUT2D eigenvalue weighted by Gasteiger charge is -2.19. The third-order valence-corrected chi connectivity index (χ3v) is 5.61. The van der Waals surface area contributed by atoms with Crippen LogP contribution in [0.5, 0.6) is 5.75 Å². The standard InChI is InChI=1S/C22H27N3OS/c1-6-25-20(17-9-13-19(26-5)14-10-17)23-24-21(25)27-15-16-7-11-18(12-8-16)22(2,3)4/h7-14H,6,15H2,1-5H3. The van der Waals surface area contributed by atoms with Gasteiger partial charge >= 0.3 is 0 Å². The van der Waals surface area contributed by atoms with Crippen LogP contribution in [0.2, 0.25) is 0 Å². The van der Waals surface area contributed by atoms with Crippen LogP contribution in [0.25, 0.3) is 11.4 Å². The van der Waals surface area contributed by atoms with Crippen molar-refractivity contribution in [3.05, 3.63) is 59.7 Å². The highest BCUT2D eigenvalue weighted by Gasteiger charge is 2.15. The molecule has 0 saturated carbocycles. The molecule has 1 aromatic heterocycles. The monoisotopic (exact) mass is 381 g/mol. The van der Waals surface area contributed by atoms with Gasteiger partial charge in [-0.3, -0.25) is 0 Å². The van der Waals surface area contributed by atoms with E-state index in [1.165, 1.54) is 11.1 Å². The zero-order chi connectivity index (χ0) is 19.4. The third-order valence-electron chi connectivity index (χ3n) is 4.57. The third kappa shape index (κ3) is 4.53. The van der Waals surface area contributed by atoms with Crippen LogP contribution in [0.3, 0.4) is 0 Å². The molecule has 0 aliphatic rings. The number of methoxy groups -OCH3 is 1. The maximum atomic E-state index is 5.24. The molecule has 3 rings (SSSR count). The number of ether oxygens (including phenoxy) is 1. The first-order valence-electron chi connectivity index (χ1n) is 9.22. The van der Waals surface area contributed by atoms with E-state index < -0.39 is 0 Å². The van der Waals surface area contributed by atoms with E-state index in [4.69, 9.17) is 4.74 Å². The van der Waals surface area contributed by atoms with Gasteiger partial charge in [-0.05, 0) is 47.7 Å². The molecule has 0 N–H and O–H groups in total. The Morgan fingerprint density at radius 3 is 2.19 bits per heavy atom. The lowest BCUT2D eigenvalue weighted by Crippen LogP contribution is -2.10. The summed E-state index contributed by atoms with van der Waals surface area (Å²) in [5.41, 5.74) is 3.88. The minimum Gasteiger partial charge on any atom is -0.497 e. The second kappa shape index (κ2) is 8.17. The number of nitrogens with zero attached hydrogens (tertiary/aromatic N) is 3. The first-order chi connectivity index (χ1) is 12.9. The van der Waals surface area contributed by atoms with Crippen molar-refractivity contribution in [2.45, 2.75) is 50.6 Å². The van der Waals surface area contributed by atoms with E-state index in [1.807, 2.05) is 24.3 Å². The summed E-state index contributed by atoms with van der Waals surface area (Å²) in [6, 6.07) is 16.8. The fourth-order valence-electron chi connectivity index (χ4n) is 2.88. The number of thioether (sulfide) groups is 1. The molecular formula is C22H27N3OS. The molecule has 0 atom stereocenters. The lowest BCUT2D eigenvalue weighted by molar-refractivity contribution is 0.415. The largest absolute Gasteiger partial charge is 0.497 e. The van der Waals surface area contributed by atoms with E-state index in [9.17, 15) is 0 Å². The van der Waals surface area contributed by atoms with Crippen molar-refractivity contribution in [3.8, 4) is 17.1 Å². The van der Waals surface area contributed by atoms with Crippen molar-refractivity contribution in [3.63, 3.8) is 0 Å². The van der Waals surface area contributed by atoms with E-state index in [1.54, 1.807) is 18.9 Å². The van der Waals surface area contributed by atoms with Gasteiger partial charge in [0.25, 0.3) is 0 Å².